The number of amides is 8. The number of carbonyl (C=O) groups excluding carboxylic acids is 8. The number of aromatic amines is 1. The first kappa shape index (κ1) is 49.8. The van der Waals surface area contributed by atoms with Crippen LogP contribution in [0.25, 0.3) is 10.9 Å². The summed E-state index contributed by atoms with van der Waals surface area (Å²) in [7, 11) is 0. The van der Waals surface area contributed by atoms with Crippen LogP contribution in [0.2, 0.25) is 0 Å². The van der Waals surface area contributed by atoms with Crippen LogP contribution in [-0.2, 0) is 62.4 Å². The third kappa shape index (κ3) is 15.5. The lowest BCUT2D eigenvalue weighted by Crippen LogP contribution is -2.61. The smallest absolute Gasteiger partial charge is 0.305 e. The largest absolute Gasteiger partial charge is 0.508 e. The van der Waals surface area contributed by atoms with Gasteiger partial charge in [0.05, 0.1) is 26.1 Å². The fourth-order valence-corrected chi connectivity index (χ4v) is 6.49. The van der Waals surface area contributed by atoms with Crippen molar-refractivity contribution < 1.29 is 58.5 Å². The van der Waals surface area contributed by atoms with E-state index in [-0.39, 0.29) is 25.0 Å². The highest BCUT2D eigenvalue weighted by Crippen LogP contribution is 2.19. The topological polar surface area (TPSA) is 366 Å². The quantitative estimate of drug-likeness (QED) is 0.0331. The number of fused-ring (bicyclic) bond motifs is 1. The lowest BCUT2D eigenvalue weighted by Gasteiger charge is -2.27. The maximum Gasteiger partial charge on any atom is 0.305 e. The number of primary amides is 1. The third-order valence-corrected chi connectivity index (χ3v) is 9.88. The fraction of sp³-hybridized carbons (Fsp3) is 0.326. The molecule has 0 unspecified atom stereocenters. The Kier molecular flexibility index (Phi) is 18.5. The number of carboxylic acids is 1. The van der Waals surface area contributed by atoms with E-state index in [2.05, 4.69) is 42.2 Å². The van der Waals surface area contributed by atoms with Crippen LogP contribution < -0.4 is 48.7 Å². The van der Waals surface area contributed by atoms with Gasteiger partial charge in [0.25, 0.3) is 0 Å². The van der Waals surface area contributed by atoms with Gasteiger partial charge < -0.3 is 69.0 Å². The van der Waals surface area contributed by atoms with Crippen LogP contribution in [0, 0.1) is 0 Å². The summed E-state index contributed by atoms with van der Waals surface area (Å²) in [6.45, 7) is -0.704. The predicted molar refractivity (Wildman–Crippen MR) is 232 cm³/mol. The van der Waals surface area contributed by atoms with E-state index in [1.165, 1.54) is 31.2 Å². The van der Waals surface area contributed by atoms with Crippen molar-refractivity contribution in [2.24, 2.45) is 11.5 Å². The second kappa shape index (κ2) is 24.1. The van der Waals surface area contributed by atoms with E-state index in [9.17, 15) is 58.5 Å². The number of phenols is 1. The van der Waals surface area contributed by atoms with Gasteiger partial charge >= 0.3 is 5.97 Å². The summed E-state index contributed by atoms with van der Waals surface area (Å²) < 4.78 is 0. The van der Waals surface area contributed by atoms with E-state index >= 15 is 0 Å². The number of nitrogens with one attached hydrogen (secondary N) is 8. The zero-order valence-electron chi connectivity index (χ0n) is 35.2. The van der Waals surface area contributed by atoms with Gasteiger partial charge in [-0.05, 0) is 41.8 Å². The fourth-order valence-electron chi connectivity index (χ4n) is 6.49. The first-order chi connectivity index (χ1) is 31.0. The number of benzene rings is 3. The number of carbonyl (C=O) groups is 9. The monoisotopic (exact) mass is 900 g/mol. The van der Waals surface area contributed by atoms with Gasteiger partial charge in [0, 0.05) is 36.4 Å². The van der Waals surface area contributed by atoms with Gasteiger partial charge in [-0.1, -0.05) is 60.7 Å². The Labute approximate surface area is 371 Å². The van der Waals surface area contributed by atoms with E-state index < -0.39 is 116 Å². The maximum atomic E-state index is 14.2. The van der Waals surface area contributed by atoms with Crippen LogP contribution in [-0.4, -0.2) is 129 Å². The summed E-state index contributed by atoms with van der Waals surface area (Å²) in [4.78, 5) is 120. The Morgan fingerprint density at radius 1 is 0.615 bits per heavy atom. The summed E-state index contributed by atoms with van der Waals surface area (Å²) in [6, 6.07) is 11.9. The molecule has 1 heterocycles. The van der Waals surface area contributed by atoms with Crippen molar-refractivity contribution in [1.82, 2.24) is 42.2 Å². The molecule has 15 N–H and O–H groups in total. The van der Waals surface area contributed by atoms with Crippen LogP contribution in [0.3, 0.4) is 0 Å². The molecule has 22 heteroatoms. The zero-order valence-corrected chi connectivity index (χ0v) is 35.2. The molecular weight excluding hydrogens is 849 g/mol. The van der Waals surface area contributed by atoms with Gasteiger partial charge in [-0.25, -0.2) is 0 Å². The number of hydrogen-bond acceptors (Lipinski definition) is 12. The minimum atomic E-state index is -1.75. The Bertz CT molecular complexity index is 2340. The van der Waals surface area contributed by atoms with Gasteiger partial charge in [-0.2, -0.15) is 0 Å². The number of aliphatic carboxylic acids is 1. The number of phenolic OH excluding ortho intramolecular Hbond substituents is 1. The highest BCUT2D eigenvalue weighted by Gasteiger charge is 2.34. The minimum absolute atomic E-state index is 0.0959. The Balaban J connectivity index is 1.60. The predicted octanol–water partition coefficient (Wildman–Crippen LogP) is -3.14. The minimum Gasteiger partial charge on any atom is -0.508 e. The van der Waals surface area contributed by atoms with Crippen molar-refractivity contribution in [1.29, 1.82) is 0 Å². The van der Waals surface area contributed by atoms with Crippen molar-refractivity contribution in [3.05, 3.63) is 102 Å². The molecule has 4 rings (SSSR count). The van der Waals surface area contributed by atoms with Crippen molar-refractivity contribution in [2.75, 3.05) is 19.7 Å². The number of para-hydroxylation sites is 1. The summed E-state index contributed by atoms with van der Waals surface area (Å²) in [5.41, 5.74) is 12.8. The molecule has 0 saturated carbocycles. The number of aromatic nitrogens is 1. The number of aliphatic hydroxyl groups is 1. The number of aromatic hydroxyl groups is 1. The lowest BCUT2D eigenvalue weighted by atomic mass is 10.0. The summed E-state index contributed by atoms with van der Waals surface area (Å²) >= 11 is 0. The maximum absolute atomic E-state index is 14.2. The highest BCUT2D eigenvalue weighted by molar-refractivity contribution is 5.98. The third-order valence-electron chi connectivity index (χ3n) is 9.88. The second-order valence-electron chi connectivity index (χ2n) is 14.9. The van der Waals surface area contributed by atoms with Crippen molar-refractivity contribution in [2.45, 2.75) is 68.9 Å². The molecule has 0 aliphatic heterocycles. The Hall–Kier alpha value is -7.85. The molecule has 0 saturated heterocycles. The van der Waals surface area contributed by atoms with Crippen LogP contribution in [0.5, 0.6) is 5.75 Å². The molecule has 0 bridgehead atoms. The molecule has 65 heavy (non-hydrogen) atoms. The van der Waals surface area contributed by atoms with Gasteiger partial charge in [-0.3, -0.25) is 43.2 Å². The van der Waals surface area contributed by atoms with Gasteiger partial charge in [0.15, 0.2) is 0 Å². The van der Waals surface area contributed by atoms with E-state index in [0.29, 0.717) is 16.7 Å². The number of hydrogen-bond donors (Lipinski definition) is 13. The van der Waals surface area contributed by atoms with Gasteiger partial charge in [0.2, 0.25) is 47.3 Å². The molecule has 0 aliphatic rings. The molecule has 4 aromatic rings. The second-order valence-corrected chi connectivity index (χ2v) is 14.9. The molecule has 6 atom stereocenters. The molecule has 8 amide bonds. The van der Waals surface area contributed by atoms with Crippen molar-refractivity contribution >= 4 is 64.1 Å². The Morgan fingerprint density at radius 3 is 1.69 bits per heavy atom. The molecule has 0 aliphatic carbocycles. The average Bonchev–Trinajstić information content (AvgIpc) is 3.69. The molecule has 0 fully saturated rings. The summed E-state index contributed by atoms with van der Waals surface area (Å²) in [6.07, 6.45) is 0.128. The molecule has 0 radical (unpaired) electrons. The zero-order chi connectivity index (χ0) is 47.6. The number of carboxylic acid groups (broad SMARTS) is 1. The van der Waals surface area contributed by atoms with Crippen LogP contribution in [0.15, 0.2) is 85.1 Å². The number of nitrogens with two attached hydrogens (primary N) is 2. The standard InChI is InChI=1S/C43H52N10O12/c1-23(48-36(57)19-44)38(60)49-33(18-37(58)59)42(64)51-30(15-24-7-3-2-4-8-24)40(62)50-31(16-25-11-13-27(55)14-12-25)41(63)53-34(22-54)43(65)52-32(39(61)47-21-35(45)56)17-26-20-46-29-10-6-5-9-28(26)29/h2-14,20,23,30-34,46,54-55H,15-19,21-22,44H2,1H3,(H2,45,56)(H,47,61)(H,48,57)(H,49,60)(H,50,62)(H,51,64)(H,52,65)(H,53,63)(H,58,59)/t23-,30-,31-,32-,33-,34-/m0/s1. The van der Waals surface area contributed by atoms with E-state index in [1.54, 1.807) is 60.8 Å². The van der Waals surface area contributed by atoms with Crippen LogP contribution >= 0.6 is 0 Å². The molecule has 22 nitrogen and oxygen atoms in total. The molecule has 3 aromatic carbocycles. The lowest BCUT2D eigenvalue weighted by molar-refractivity contribution is -0.141. The SMILES string of the molecule is C[C@H](NC(=O)CN)C(=O)N[C@@H](CC(=O)O)C(=O)N[C@@H](Cc1ccccc1)C(=O)N[C@@H](Cc1ccc(O)cc1)C(=O)N[C@@H](CO)C(=O)N[C@@H](Cc1c[nH]c2ccccc12)C(=O)NCC(N)=O. The van der Waals surface area contributed by atoms with Crippen molar-refractivity contribution in [3.8, 4) is 5.75 Å². The van der Waals surface area contributed by atoms with E-state index in [0.717, 1.165) is 10.9 Å². The Morgan fingerprint density at radius 2 is 1.12 bits per heavy atom. The molecule has 1 aromatic heterocycles. The van der Waals surface area contributed by atoms with Crippen LogP contribution in [0.1, 0.15) is 30.0 Å². The molecule has 0 spiro atoms. The van der Waals surface area contributed by atoms with E-state index in [1.807, 2.05) is 0 Å². The van der Waals surface area contributed by atoms with Crippen molar-refractivity contribution in [3.63, 3.8) is 0 Å². The first-order valence-electron chi connectivity index (χ1n) is 20.2. The van der Waals surface area contributed by atoms with E-state index in [4.69, 9.17) is 11.5 Å². The van der Waals surface area contributed by atoms with Crippen LogP contribution in [0.4, 0.5) is 0 Å². The van der Waals surface area contributed by atoms with Gasteiger partial charge in [-0.15, -0.1) is 0 Å². The number of rotatable bonds is 24. The number of aliphatic hydroxyl groups excluding tert-OH is 1. The molecular formula is C43H52N10O12. The summed E-state index contributed by atoms with van der Waals surface area (Å²) in [5.74, 6) is -8.98. The van der Waals surface area contributed by atoms with Gasteiger partial charge in [0.1, 0.15) is 42.0 Å². The average molecular weight is 901 g/mol. The number of H-pyrrole nitrogens is 1. The summed E-state index contributed by atoms with van der Waals surface area (Å²) in [5, 5.41) is 47.4. The first-order valence-corrected chi connectivity index (χ1v) is 20.2. The molecule has 346 valence electrons. The normalized spacial score (nSPS) is 13.6. The highest BCUT2D eigenvalue weighted by atomic mass is 16.4.